The zero-order chi connectivity index (χ0) is 12.7. The van der Waals surface area contributed by atoms with Crippen LogP contribution in [0.15, 0.2) is 30.7 Å². The number of hydrogen-bond acceptors (Lipinski definition) is 3. The molecule has 0 fully saturated rings. The fraction of sp³-hybridized carbons (Fsp3) is 0.0833. The molecule has 4 nitrogen and oxygen atoms in total. The van der Waals surface area contributed by atoms with Crippen LogP contribution in [0.4, 0.5) is 4.39 Å². The molecule has 6 heteroatoms. The van der Waals surface area contributed by atoms with Crippen molar-refractivity contribution in [3.8, 4) is 11.3 Å². The smallest absolute Gasteiger partial charge is 0.223 e. The molecule has 0 aliphatic rings. The molecule has 0 saturated carbocycles. The first-order chi connectivity index (χ1) is 8.65. The van der Waals surface area contributed by atoms with Crippen LogP contribution in [-0.4, -0.2) is 19.5 Å². The highest BCUT2D eigenvalue weighted by atomic mass is 35.5. The third-order valence-corrected chi connectivity index (χ3v) is 2.88. The fourth-order valence-corrected chi connectivity index (χ4v) is 1.97. The quantitative estimate of drug-likeness (QED) is 0.634. The van der Waals surface area contributed by atoms with E-state index in [9.17, 15) is 4.39 Å². The molecule has 3 rings (SSSR count). The highest BCUT2D eigenvalue weighted by Gasteiger charge is 2.10. The number of pyridine rings is 1. The van der Waals surface area contributed by atoms with Crippen molar-refractivity contribution in [2.24, 2.45) is 7.05 Å². The molecule has 0 spiro atoms. The highest BCUT2D eigenvalue weighted by Crippen LogP contribution is 2.24. The summed E-state index contributed by atoms with van der Waals surface area (Å²) >= 11 is 5.68. The van der Waals surface area contributed by atoms with Gasteiger partial charge in [0.2, 0.25) is 5.28 Å². The second-order valence-corrected chi connectivity index (χ2v) is 4.24. The molecule has 0 radical (unpaired) electrons. The summed E-state index contributed by atoms with van der Waals surface area (Å²) in [5.74, 6) is -0.517. The Kier molecular flexibility index (Phi) is 2.48. The molecule has 0 saturated heterocycles. The van der Waals surface area contributed by atoms with Crippen LogP contribution in [0.5, 0.6) is 0 Å². The zero-order valence-corrected chi connectivity index (χ0v) is 10.2. The van der Waals surface area contributed by atoms with Gasteiger partial charge in [0.15, 0.2) is 5.82 Å². The van der Waals surface area contributed by atoms with Crippen molar-refractivity contribution in [1.29, 1.82) is 0 Å². The molecule has 3 heterocycles. The maximum Gasteiger partial charge on any atom is 0.223 e. The number of hydrogen-bond donors (Lipinski definition) is 0. The normalized spacial score (nSPS) is 11.1. The second kappa shape index (κ2) is 4.03. The maximum absolute atomic E-state index is 13.6. The van der Waals surface area contributed by atoms with E-state index in [1.54, 1.807) is 6.20 Å². The number of fused-ring (bicyclic) bond motifs is 1. The van der Waals surface area contributed by atoms with Gasteiger partial charge in [-0.15, -0.1) is 0 Å². The molecule has 18 heavy (non-hydrogen) atoms. The van der Waals surface area contributed by atoms with E-state index in [4.69, 9.17) is 11.6 Å². The number of aryl methyl sites for hydroxylation is 1. The summed E-state index contributed by atoms with van der Waals surface area (Å²) in [6.45, 7) is 0. The Hall–Kier alpha value is -2.01. The predicted octanol–water partition coefficient (Wildman–Crippen LogP) is 2.82. The molecule has 0 bridgehead atoms. The summed E-state index contributed by atoms with van der Waals surface area (Å²) in [6.07, 6.45) is 4.52. The lowest BCUT2D eigenvalue weighted by Crippen LogP contribution is -1.94. The highest BCUT2D eigenvalue weighted by molar-refractivity contribution is 6.28. The molecule has 0 unspecified atom stereocenters. The van der Waals surface area contributed by atoms with Gasteiger partial charge in [-0.1, -0.05) is 0 Å². The first kappa shape index (κ1) is 11.1. The molecule has 3 aromatic rings. The third-order valence-electron chi connectivity index (χ3n) is 2.70. The van der Waals surface area contributed by atoms with Gasteiger partial charge in [-0.3, -0.25) is 0 Å². The lowest BCUT2D eigenvalue weighted by atomic mass is 10.1. The van der Waals surface area contributed by atoms with Gasteiger partial charge < -0.3 is 4.57 Å². The Morgan fingerprint density at radius 2 is 2.11 bits per heavy atom. The average molecular weight is 263 g/mol. The van der Waals surface area contributed by atoms with Crippen LogP contribution >= 0.6 is 11.6 Å². The summed E-state index contributed by atoms with van der Waals surface area (Å²) < 4.78 is 15.5. The predicted molar refractivity (Wildman–Crippen MR) is 66.7 cm³/mol. The van der Waals surface area contributed by atoms with Crippen LogP contribution in [0.1, 0.15) is 0 Å². The Morgan fingerprint density at radius 3 is 2.94 bits per heavy atom. The van der Waals surface area contributed by atoms with Crippen molar-refractivity contribution in [3.63, 3.8) is 0 Å². The van der Waals surface area contributed by atoms with Crippen LogP contribution in [0, 0.1) is 5.82 Å². The van der Waals surface area contributed by atoms with E-state index in [0.717, 1.165) is 17.2 Å². The summed E-state index contributed by atoms with van der Waals surface area (Å²) in [4.78, 5) is 11.8. The van der Waals surface area contributed by atoms with E-state index in [0.29, 0.717) is 5.56 Å². The Bertz CT molecular complexity index is 738. The molecule has 0 N–H and O–H groups in total. The molecule has 0 atom stereocenters. The Labute approximate surface area is 107 Å². The average Bonchev–Trinajstić information content (AvgIpc) is 2.74. The maximum atomic E-state index is 13.6. The van der Waals surface area contributed by atoms with Crippen LogP contribution < -0.4 is 0 Å². The van der Waals surface area contributed by atoms with E-state index >= 15 is 0 Å². The van der Waals surface area contributed by atoms with E-state index in [1.807, 2.05) is 29.9 Å². The van der Waals surface area contributed by atoms with Gasteiger partial charge in [-0.2, -0.15) is 0 Å². The minimum atomic E-state index is -0.517. The molecule has 0 aromatic carbocycles. The molecule has 0 aliphatic heterocycles. The number of aromatic nitrogens is 4. The van der Waals surface area contributed by atoms with Crippen molar-refractivity contribution in [3.05, 3.63) is 41.8 Å². The van der Waals surface area contributed by atoms with Crippen molar-refractivity contribution in [2.75, 3.05) is 0 Å². The largest absolute Gasteiger partial charge is 0.336 e. The van der Waals surface area contributed by atoms with E-state index in [-0.39, 0.29) is 11.0 Å². The summed E-state index contributed by atoms with van der Waals surface area (Å²) in [5, 5.41) is 0.934. The fourth-order valence-electron chi connectivity index (χ4n) is 1.83. The minimum Gasteiger partial charge on any atom is -0.336 e. The van der Waals surface area contributed by atoms with Gasteiger partial charge in [0, 0.05) is 30.4 Å². The minimum absolute atomic E-state index is 0.0135. The Morgan fingerprint density at radius 1 is 1.28 bits per heavy atom. The third kappa shape index (κ3) is 1.73. The molecule has 90 valence electrons. The van der Waals surface area contributed by atoms with Crippen LogP contribution in [0.25, 0.3) is 22.3 Å². The number of nitrogens with zero attached hydrogens (tertiary/aromatic N) is 4. The Balaban J connectivity index is 2.22. The monoisotopic (exact) mass is 262 g/mol. The van der Waals surface area contributed by atoms with E-state index < -0.39 is 5.82 Å². The lowest BCUT2D eigenvalue weighted by Gasteiger charge is -2.03. The first-order valence-electron chi connectivity index (χ1n) is 5.24. The SMILES string of the molecule is Cn1ccc2cc(-c3nc(Cl)ncc3F)cnc21. The van der Waals surface area contributed by atoms with Gasteiger partial charge in [-0.05, 0) is 23.7 Å². The van der Waals surface area contributed by atoms with Crippen LogP contribution in [-0.2, 0) is 7.05 Å². The standard InChI is InChI=1S/C12H8ClFN4/c1-18-3-2-7-4-8(5-15-11(7)18)10-9(14)6-16-12(13)17-10/h2-6H,1H3. The van der Waals surface area contributed by atoms with Crippen molar-refractivity contribution >= 4 is 22.6 Å². The molecule has 3 aromatic heterocycles. The molecule has 0 amide bonds. The first-order valence-corrected chi connectivity index (χ1v) is 5.62. The van der Waals surface area contributed by atoms with Gasteiger partial charge in [0.1, 0.15) is 11.3 Å². The van der Waals surface area contributed by atoms with Crippen molar-refractivity contribution in [2.45, 2.75) is 0 Å². The number of rotatable bonds is 1. The van der Waals surface area contributed by atoms with Gasteiger partial charge in [0.05, 0.1) is 6.20 Å². The van der Waals surface area contributed by atoms with Gasteiger partial charge >= 0.3 is 0 Å². The van der Waals surface area contributed by atoms with Crippen molar-refractivity contribution < 1.29 is 4.39 Å². The summed E-state index contributed by atoms with van der Waals surface area (Å²) in [7, 11) is 1.90. The van der Waals surface area contributed by atoms with Gasteiger partial charge in [-0.25, -0.2) is 19.3 Å². The van der Waals surface area contributed by atoms with Crippen LogP contribution in [0.2, 0.25) is 5.28 Å². The topological polar surface area (TPSA) is 43.6 Å². The molecular formula is C12H8ClFN4. The van der Waals surface area contributed by atoms with E-state index in [2.05, 4.69) is 15.0 Å². The molecular weight excluding hydrogens is 255 g/mol. The summed E-state index contributed by atoms with van der Waals surface area (Å²) in [6, 6.07) is 3.73. The zero-order valence-electron chi connectivity index (χ0n) is 9.43. The molecule has 0 aliphatic carbocycles. The number of halogens is 2. The van der Waals surface area contributed by atoms with E-state index in [1.165, 1.54) is 0 Å². The van der Waals surface area contributed by atoms with Crippen LogP contribution in [0.3, 0.4) is 0 Å². The van der Waals surface area contributed by atoms with Gasteiger partial charge in [0.25, 0.3) is 0 Å². The van der Waals surface area contributed by atoms with Crippen molar-refractivity contribution in [1.82, 2.24) is 19.5 Å². The second-order valence-electron chi connectivity index (χ2n) is 3.90. The summed E-state index contributed by atoms with van der Waals surface area (Å²) in [5.41, 5.74) is 1.57. The lowest BCUT2D eigenvalue weighted by molar-refractivity contribution is 0.618.